The summed E-state index contributed by atoms with van der Waals surface area (Å²) < 4.78 is 7.45. The summed E-state index contributed by atoms with van der Waals surface area (Å²) in [4.78, 5) is 26.0. The van der Waals surface area contributed by atoms with Gasteiger partial charge in [-0.05, 0) is 45.9 Å². The minimum Gasteiger partial charge on any atom is -0.492 e. The molecule has 3 aromatic rings. The predicted molar refractivity (Wildman–Crippen MR) is 124 cm³/mol. The van der Waals surface area contributed by atoms with E-state index in [1.54, 1.807) is 0 Å². The van der Waals surface area contributed by atoms with Gasteiger partial charge in [0.15, 0.2) is 5.82 Å². The fourth-order valence-electron chi connectivity index (χ4n) is 3.85. The highest BCUT2D eigenvalue weighted by atomic mass is 16.5. The van der Waals surface area contributed by atoms with Gasteiger partial charge in [-0.3, -0.25) is 0 Å². The number of nitrogens with zero attached hydrogens (tertiary/aromatic N) is 6. The number of amides is 2. The van der Waals surface area contributed by atoms with Gasteiger partial charge in [0.05, 0.1) is 18.0 Å². The van der Waals surface area contributed by atoms with Crippen molar-refractivity contribution in [3.63, 3.8) is 0 Å². The molecule has 0 unspecified atom stereocenters. The SMILES string of the molecule is CCOc1ccccc1NC(=O)N1CCN(c2cc(-n3nc(C)cc3C)nc(C)n2)CC1. The number of aryl methyl sites for hydroxylation is 3. The summed E-state index contributed by atoms with van der Waals surface area (Å²) in [7, 11) is 0. The third kappa shape index (κ3) is 4.66. The van der Waals surface area contributed by atoms with Crippen LogP contribution in [0.15, 0.2) is 36.4 Å². The second kappa shape index (κ2) is 9.25. The standard InChI is InChI=1S/C23H29N7O2/c1-5-32-20-9-7-6-8-19(20)26-23(31)29-12-10-28(11-13-29)21-15-22(25-18(4)24-21)30-17(3)14-16(2)27-30/h6-9,14-15H,5,10-13H2,1-4H3,(H,26,31). The highest BCUT2D eigenvalue weighted by molar-refractivity contribution is 5.91. The van der Waals surface area contributed by atoms with E-state index in [0.717, 1.165) is 23.0 Å². The molecular formula is C23H29N7O2. The number of para-hydroxylation sites is 2. The molecule has 0 saturated carbocycles. The van der Waals surface area contributed by atoms with Gasteiger partial charge >= 0.3 is 6.03 Å². The van der Waals surface area contributed by atoms with E-state index in [2.05, 4.69) is 25.3 Å². The number of hydrogen-bond acceptors (Lipinski definition) is 6. The molecule has 0 spiro atoms. The number of anilines is 2. The van der Waals surface area contributed by atoms with E-state index >= 15 is 0 Å². The van der Waals surface area contributed by atoms with Crippen molar-refractivity contribution < 1.29 is 9.53 Å². The number of nitrogens with one attached hydrogen (secondary N) is 1. The van der Waals surface area contributed by atoms with Crippen LogP contribution in [0.5, 0.6) is 5.75 Å². The maximum atomic E-state index is 12.8. The average molecular weight is 436 g/mol. The van der Waals surface area contributed by atoms with E-state index in [9.17, 15) is 4.79 Å². The van der Waals surface area contributed by atoms with E-state index in [1.807, 2.05) is 73.7 Å². The van der Waals surface area contributed by atoms with Crippen LogP contribution in [0, 0.1) is 20.8 Å². The summed E-state index contributed by atoms with van der Waals surface area (Å²) >= 11 is 0. The highest BCUT2D eigenvalue weighted by Gasteiger charge is 2.23. The Hall–Kier alpha value is -3.62. The zero-order chi connectivity index (χ0) is 22.7. The second-order valence-electron chi connectivity index (χ2n) is 7.80. The van der Waals surface area contributed by atoms with Crippen molar-refractivity contribution in [1.82, 2.24) is 24.6 Å². The van der Waals surface area contributed by atoms with E-state index in [4.69, 9.17) is 4.74 Å². The first-order valence-corrected chi connectivity index (χ1v) is 10.9. The fourth-order valence-corrected chi connectivity index (χ4v) is 3.85. The first-order chi connectivity index (χ1) is 15.4. The average Bonchev–Trinajstić information content (AvgIpc) is 3.13. The lowest BCUT2D eigenvalue weighted by Crippen LogP contribution is -2.50. The van der Waals surface area contributed by atoms with Crippen LogP contribution in [0.1, 0.15) is 24.1 Å². The Labute approximate surface area is 188 Å². The van der Waals surface area contributed by atoms with Crippen LogP contribution in [0.3, 0.4) is 0 Å². The van der Waals surface area contributed by atoms with Gasteiger partial charge in [-0.15, -0.1) is 0 Å². The monoisotopic (exact) mass is 435 g/mol. The van der Waals surface area contributed by atoms with E-state index in [0.29, 0.717) is 50.0 Å². The zero-order valence-electron chi connectivity index (χ0n) is 19.0. The highest BCUT2D eigenvalue weighted by Crippen LogP contribution is 2.24. The Bertz CT molecular complexity index is 1100. The molecule has 0 aliphatic carbocycles. The molecular weight excluding hydrogens is 406 g/mol. The molecule has 168 valence electrons. The van der Waals surface area contributed by atoms with Crippen LogP contribution in [-0.4, -0.2) is 63.5 Å². The molecule has 0 radical (unpaired) electrons. The molecule has 2 amide bonds. The van der Waals surface area contributed by atoms with Crippen molar-refractivity contribution in [1.29, 1.82) is 0 Å². The summed E-state index contributed by atoms with van der Waals surface area (Å²) in [6, 6.07) is 11.3. The quantitative estimate of drug-likeness (QED) is 0.661. The molecule has 9 heteroatoms. The first kappa shape index (κ1) is 21.6. The molecule has 1 aliphatic heterocycles. The number of benzene rings is 1. The van der Waals surface area contributed by atoms with Gasteiger partial charge in [0.1, 0.15) is 17.4 Å². The lowest BCUT2D eigenvalue weighted by Gasteiger charge is -2.35. The number of carbonyl (C=O) groups is 1. The van der Waals surface area contributed by atoms with Gasteiger partial charge in [-0.25, -0.2) is 19.4 Å². The molecule has 1 aliphatic rings. The van der Waals surface area contributed by atoms with Gasteiger partial charge in [0.2, 0.25) is 0 Å². The number of ether oxygens (including phenoxy) is 1. The number of carbonyl (C=O) groups excluding carboxylic acids is 1. The minimum absolute atomic E-state index is 0.126. The van der Waals surface area contributed by atoms with Gasteiger partial charge in [0.25, 0.3) is 0 Å². The number of hydrogen-bond donors (Lipinski definition) is 1. The summed E-state index contributed by atoms with van der Waals surface area (Å²) in [5.41, 5.74) is 2.66. The lowest BCUT2D eigenvalue weighted by atomic mass is 10.3. The van der Waals surface area contributed by atoms with Crippen LogP contribution in [0.4, 0.5) is 16.3 Å². The molecule has 0 atom stereocenters. The Morgan fingerprint density at radius 2 is 1.75 bits per heavy atom. The molecule has 32 heavy (non-hydrogen) atoms. The predicted octanol–water partition coefficient (Wildman–Crippen LogP) is 3.34. The van der Waals surface area contributed by atoms with Gasteiger partial charge in [-0.1, -0.05) is 12.1 Å². The topological polar surface area (TPSA) is 88.4 Å². The van der Waals surface area contributed by atoms with Gasteiger partial charge in [-0.2, -0.15) is 5.10 Å². The molecule has 9 nitrogen and oxygen atoms in total. The number of urea groups is 1. The summed E-state index contributed by atoms with van der Waals surface area (Å²) in [5.74, 6) is 2.97. The molecule has 4 rings (SSSR count). The maximum Gasteiger partial charge on any atom is 0.322 e. The van der Waals surface area contributed by atoms with Crippen LogP contribution in [-0.2, 0) is 0 Å². The molecule has 1 N–H and O–H groups in total. The molecule has 2 aromatic heterocycles. The Morgan fingerprint density at radius 3 is 2.44 bits per heavy atom. The molecule has 3 heterocycles. The molecule has 1 aromatic carbocycles. The smallest absolute Gasteiger partial charge is 0.322 e. The molecule has 1 saturated heterocycles. The number of piperazine rings is 1. The Morgan fingerprint density at radius 1 is 1.03 bits per heavy atom. The normalized spacial score (nSPS) is 13.9. The minimum atomic E-state index is -0.126. The van der Waals surface area contributed by atoms with Crippen molar-refractivity contribution in [2.45, 2.75) is 27.7 Å². The third-order valence-corrected chi connectivity index (χ3v) is 5.36. The van der Waals surface area contributed by atoms with Crippen molar-refractivity contribution in [2.75, 3.05) is 43.0 Å². The fraction of sp³-hybridized carbons (Fsp3) is 0.391. The Kier molecular flexibility index (Phi) is 6.25. The third-order valence-electron chi connectivity index (χ3n) is 5.36. The van der Waals surface area contributed by atoms with Crippen LogP contribution in [0.2, 0.25) is 0 Å². The van der Waals surface area contributed by atoms with Crippen molar-refractivity contribution in [3.8, 4) is 11.6 Å². The summed E-state index contributed by atoms with van der Waals surface area (Å²) in [6.45, 7) is 10.9. The molecule has 0 bridgehead atoms. The second-order valence-corrected chi connectivity index (χ2v) is 7.80. The number of rotatable bonds is 5. The van der Waals surface area contributed by atoms with Crippen molar-refractivity contribution in [2.24, 2.45) is 0 Å². The maximum absolute atomic E-state index is 12.8. The van der Waals surface area contributed by atoms with Crippen LogP contribution >= 0.6 is 0 Å². The van der Waals surface area contributed by atoms with Gasteiger partial charge < -0.3 is 19.9 Å². The van der Waals surface area contributed by atoms with Gasteiger partial charge in [0, 0.05) is 37.9 Å². The Balaban J connectivity index is 1.43. The van der Waals surface area contributed by atoms with E-state index in [1.165, 1.54) is 0 Å². The van der Waals surface area contributed by atoms with Crippen LogP contribution in [0.25, 0.3) is 5.82 Å². The zero-order valence-corrected chi connectivity index (χ0v) is 19.0. The van der Waals surface area contributed by atoms with Crippen molar-refractivity contribution in [3.05, 3.63) is 53.6 Å². The number of aromatic nitrogens is 4. The first-order valence-electron chi connectivity index (χ1n) is 10.9. The molecule has 1 fully saturated rings. The summed E-state index contributed by atoms with van der Waals surface area (Å²) in [5, 5.41) is 7.51. The van der Waals surface area contributed by atoms with E-state index in [-0.39, 0.29) is 6.03 Å². The van der Waals surface area contributed by atoms with Crippen molar-refractivity contribution >= 4 is 17.5 Å². The van der Waals surface area contributed by atoms with E-state index < -0.39 is 0 Å². The lowest BCUT2D eigenvalue weighted by molar-refractivity contribution is 0.208. The summed E-state index contributed by atoms with van der Waals surface area (Å²) in [6.07, 6.45) is 0. The van der Waals surface area contributed by atoms with Crippen LogP contribution < -0.4 is 15.0 Å². The largest absolute Gasteiger partial charge is 0.492 e.